The van der Waals surface area contributed by atoms with E-state index in [1.807, 2.05) is 49.4 Å². The molecule has 31 heavy (non-hydrogen) atoms. The molecule has 4 nitrogen and oxygen atoms in total. The molecule has 4 rings (SSSR count). The second-order valence-corrected chi connectivity index (χ2v) is 10.8. The molecule has 0 saturated carbocycles. The summed E-state index contributed by atoms with van der Waals surface area (Å²) in [5, 5.41) is 1.71. The SMILES string of the molecule is Cc1ccc(S(=O)(=O)N2CCN(c3ccc(Cl)cc3Cl)C(c3ccc(Cl)cc3)C2)cc1. The Morgan fingerprint density at radius 3 is 2.13 bits per heavy atom. The fraction of sp³-hybridized carbons (Fsp3) is 0.217. The normalized spacial score (nSPS) is 17.7. The zero-order valence-electron chi connectivity index (χ0n) is 16.8. The molecule has 3 aromatic rings. The summed E-state index contributed by atoms with van der Waals surface area (Å²) >= 11 is 18.7. The Hall–Kier alpha value is -1.76. The Balaban J connectivity index is 1.72. The van der Waals surface area contributed by atoms with E-state index < -0.39 is 10.0 Å². The van der Waals surface area contributed by atoms with E-state index >= 15 is 0 Å². The van der Waals surface area contributed by atoms with Crippen molar-refractivity contribution in [1.29, 1.82) is 0 Å². The summed E-state index contributed by atoms with van der Waals surface area (Å²) in [7, 11) is -3.62. The average molecular weight is 496 g/mol. The second-order valence-electron chi connectivity index (χ2n) is 7.53. The Bertz CT molecular complexity index is 1180. The summed E-state index contributed by atoms with van der Waals surface area (Å²) in [6.45, 7) is 3.05. The number of rotatable bonds is 4. The van der Waals surface area contributed by atoms with Crippen LogP contribution >= 0.6 is 34.8 Å². The van der Waals surface area contributed by atoms with Crippen molar-refractivity contribution in [2.45, 2.75) is 17.9 Å². The van der Waals surface area contributed by atoms with Gasteiger partial charge in [-0.3, -0.25) is 0 Å². The maximum absolute atomic E-state index is 13.3. The monoisotopic (exact) mass is 494 g/mol. The van der Waals surface area contributed by atoms with Gasteiger partial charge in [0.25, 0.3) is 0 Å². The molecule has 0 aromatic heterocycles. The fourth-order valence-corrected chi connectivity index (χ4v) is 5.89. The molecule has 0 radical (unpaired) electrons. The van der Waals surface area contributed by atoms with Crippen LogP contribution in [-0.4, -0.2) is 32.4 Å². The van der Waals surface area contributed by atoms with Gasteiger partial charge in [-0.2, -0.15) is 4.31 Å². The first-order chi connectivity index (χ1) is 14.8. The zero-order valence-corrected chi connectivity index (χ0v) is 19.9. The Morgan fingerprint density at radius 1 is 0.839 bits per heavy atom. The van der Waals surface area contributed by atoms with Gasteiger partial charge in [0.2, 0.25) is 10.0 Å². The third kappa shape index (κ3) is 4.71. The molecule has 3 aromatic carbocycles. The van der Waals surface area contributed by atoms with Crippen LogP contribution in [0.2, 0.25) is 15.1 Å². The number of halogens is 3. The molecule has 0 bridgehead atoms. The van der Waals surface area contributed by atoms with Crippen molar-refractivity contribution in [1.82, 2.24) is 4.31 Å². The first kappa shape index (κ1) is 22.4. The molecule has 8 heteroatoms. The highest BCUT2D eigenvalue weighted by molar-refractivity contribution is 7.89. The van der Waals surface area contributed by atoms with Crippen molar-refractivity contribution >= 4 is 50.5 Å². The summed E-state index contributed by atoms with van der Waals surface area (Å²) in [5.74, 6) is 0. The van der Waals surface area contributed by atoms with Crippen molar-refractivity contribution in [3.63, 3.8) is 0 Å². The smallest absolute Gasteiger partial charge is 0.243 e. The van der Waals surface area contributed by atoms with Crippen LogP contribution in [0, 0.1) is 6.92 Å². The van der Waals surface area contributed by atoms with E-state index in [1.54, 1.807) is 24.3 Å². The summed E-state index contributed by atoms with van der Waals surface area (Å²) in [6, 6.07) is 19.5. The van der Waals surface area contributed by atoms with Crippen LogP contribution in [0.1, 0.15) is 17.2 Å². The molecule has 1 saturated heterocycles. The summed E-state index contributed by atoms with van der Waals surface area (Å²) in [6.07, 6.45) is 0. The van der Waals surface area contributed by atoms with Crippen LogP contribution < -0.4 is 4.90 Å². The molecule has 1 heterocycles. The summed E-state index contributed by atoms with van der Waals surface area (Å²) in [4.78, 5) is 2.43. The molecule has 0 spiro atoms. The van der Waals surface area contributed by atoms with Crippen molar-refractivity contribution in [3.05, 3.63) is 92.9 Å². The largest absolute Gasteiger partial charge is 0.361 e. The number of piperazine rings is 1. The molecule has 0 aliphatic carbocycles. The quantitative estimate of drug-likeness (QED) is 0.432. The van der Waals surface area contributed by atoms with Crippen LogP contribution in [0.15, 0.2) is 71.6 Å². The highest BCUT2D eigenvalue weighted by atomic mass is 35.5. The van der Waals surface area contributed by atoms with Gasteiger partial charge in [0, 0.05) is 29.7 Å². The topological polar surface area (TPSA) is 40.6 Å². The van der Waals surface area contributed by atoms with Gasteiger partial charge >= 0.3 is 0 Å². The molecule has 1 aliphatic rings. The molecule has 1 atom stereocenters. The third-order valence-corrected chi connectivity index (χ3v) is 8.14. The predicted molar refractivity (Wildman–Crippen MR) is 128 cm³/mol. The summed E-state index contributed by atoms with van der Waals surface area (Å²) < 4.78 is 28.2. The molecule has 1 aliphatic heterocycles. The number of hydrogen-bond donors (Lipinski definition) is 0. The Labute approximate surface area is 198 Å². The lowest BCUT2D eigenvalue weighted by atomic mass is 10.0. The standard InChI is InChI=1S/C23H21Cl3N2O2S/c1-16-2-9-20(10-3-16)31(29,30)27-12-13-28(22-11-8-19(25)14-21(22)26)23(15-27)17-4-6-18(24)7-5-17/h2-11,14,23H,12-13,15H2,1H3. The fourth-order valence-electron chi connectivity index (χ4n) is 3.81. The number of aryl methyl sites for hydroxylation is 1. The first-order valence-electron chi connectivity index (χ1n) is 9.80. The van der Waals surface area contributed by atoms with Gasteiger partial charge in [-0.1, -0.05) is 64.6 Å². The minimum atomic E-state index is -3.62. The lowest BCUT2D eigenvalue weighted by molar-refractivity contribution is 0.335. The van der Waals surface area contributed by atoms with E-state index in [0.717, 1.165) is 16.8 Å². The van der Waals surface area contributed by atoms with Crippen LogP contribution in [0.25, 0.3) is 0 Å². The molecule has 162 valence electrons. The maximum Gasteiger partial charge on any atom is 0.243 e. The maximum atomic E-state index is 13.3. The predicted octanol–water partition coefficient (Wildman–Crippen LogP) is 6.21. The summed E-state index contributed by atoms with van der Waals surface area (Å²) in [5.41, 5.74) is 2.79. The van der Waals surface area contributed by atoms with E-state index in [4.69, 9.17) is 34.8 Å². The van der Waals surface area contributed by atoms with E-state index in [1.165, 1.54) is 4.31 Å². The second kappa shape index (κ2) is 9.00. The van der Waals surface area contributed by atoms with E-state index in [0.29, 0.717) is 33.1 Å². The zero-order chi connectivity index (χ0) is 22.2. The highest BCUT2D eigenvalue weighted by Gasteiger charge is 2.35. The number of nitrogens with zero attached hydrogens (tertiary/aromatic N) is 2. The van der Waals surface area contributed by atoms with Crippen molar-refractivity contribution < 1.29 is 8.42 Å². The van der Waals surface area contributed by atoms with Crippen molar-refractivity contribution in [2.24, 2.45) is 0 Å². The minimum absolute atomic E-state index is 0.232. The van der Waals surface area contributed by atoms with Gasteiger partial charge in [0.05, 0.1) is 21.6 Å². The van der Waals surface area contributed by atoms with Crippen LogP contribution in [0.4, 0.5) is 5.69 Å². The lowest BCUT2D eigenvalue weighted by Crippen LogP contribution is -2.50. The number of hydrogen-bond acceptors (Lipinski definition) is 3. The molecule has 1 unspecified atom stereocenters. The first-order valence-corrected chi connectivity index (χ1v) is 12.4. The van der Waals surface area contributed by atoms with Gasteiger partial charge in [0.15, 0.2) is 0 Å². The van der Waals surface area contributed by atoms with Crippen LogP contribution in [-0.2, 0) is 10.0 Å². The van der Waals surface area contributed by atoms with Gasteiger partial charge < -0.3 is 4.90 Å². The Morgan fingerprint density at radius 2 is 1.48 bits per heavy atom. The highest BCUT2D eigenvalue weighted by Crippen LogP contribution is 2.38. The van der Waals surface area contributed by atoms with Crippen molar-refractivity contribution in [3.8, 4) is 0 Å². The van der Waals surface area contributed by atoms with Gasteiger partial charge in [-0.25, -0.2) is 8.42 Å². The van der Waals surface area contributed by atoms with E-state index in [9.17, 15) is 8.42 Å². The molecular weight excluding hydrogens is 475 g/mol. The molecule has 0 N–H and O–H groups in total. The van der Waals surface area contributed by atoms with Gasteiger partial charge in [0.1, 0.15) is 0 Å². The number of anilines is 1. The van der Waals surface area contributed by atoms with E-state index in [-0.39, 0.29) is 12.6 Å². The minimum Gasteiger partial charge on any atom is -0.361 e. The van der Waals surface area contributed by atoms with Crippen molar-refractivity contribution in [2.75, 3.05) is 24.5 Å². The van der Waals surface area contributed by atoms with Crippen LogP contribution in [0.5, 0.6) is 0 Å². The molecule has 1 fully saturated rings. The Kier molecular flexibility index (Phi) is 6.52. The third-order valence-electron chi connectivity index (χ3n) is 5.48. The van der Waals surface area contributed by atoms with Gasteiger partial charge in [-0.05, 0) is 55.0 Å². The van der Waals surface area contributed by atoms with Gasteiger partial charge in [-0.15, -0.1) is 0 Å². The molecular formula is C23H21Cl3N2O2S. The molecule has 0 amide bonds. The van der Waals surface area contributed by atoms with Crippen LogP contribution in [0.3, 0.4) is 0 Å². The lowest BCUT2D eigenvalue weighted by Gasteiger charge is -2.42. The average Bonchev–Trinajstić information content (AvgIpc) is 2.74. The van der Waals surface area contributed by atoms with E-state index in [2.05, 4.69) is 4.90 Å². The number of sulfonamides is 1. The number of benzene rings is 3.